The molecule has 1 saturated carbocycles. The van der Waals surface area contributed by atoms with Crippen molar-refractivity contribution in [1.82, 2.24) is 24.3 Å². The van der Waals surface area contributed by atoms with Crippen LogP contribution < -0.4 is 0 Å². The van der Waals surface area contributed by atoms with Crippen LogP contribution in [-0.2, 0) is 4.79 Å². The monoisotopic (exact) mass is 334 g/mol. The van der Waals surface area contributed by atoms with E-state index in [1.807, 2.05) is 29.6 Å². The maximum atomic E-state index is 12.7. The largest absolute Gasteiger partial charge is 0.345 e. The summed E-state index contributed by atoms with van der Waals surface area (Å²) in [7, 11) is 0. The standard InChI is InChI=1S/C18H18N6O/c19-11-18(4-5-18)17(25)23-7-1-2-12(10-23)16-22-9-13-8-21-15-14(24(13)16)3-6-20-15/h3,6,8-9,12,20H,1-2,4-5,7,10H2/t12-/m1/s1. The highest BCUT2D eigenvalue weighted by atomic mass is 16.2. The topological polar surface area (TPSA) is 90.1 Å². The van der Waals surface area contributed by atoms with E-state index in [1.54, 1.807) is 0 Å². The van der Waals surface area contributed by atoms with Gasteiger partial charge in [0.1, 0.15) is 11.2 Å². The molecule has 0 spiro atoms. The first-order chi connectivity index (χ1) is 12.2. The van der Waals surface area contributed by atoms with Gasteiger partial charge in [-0.05, 0) is 31.7 Å². The molecule has 1 N–H and O–H groups in total. The number of fused-ring (bicyclic) bond motifs is 3. The lowest BCUT2D eigenvalue weighted by atomic mass is 9.95. The Hall–Kier alpha value is -2.88. The van der Waals surface area contributed by atoms with Gasteiger partial charge in [0.05, 0.1) is 29.5 Å². The van der Waals surface area contributed by atoms with Crippen molar-refractivity contribution >= 4 is 22.6 Å². The Kier molecular flexibility index (Phi) is 2.93. The summed E-state index contributed by atoms with van der Waals surface area (Å²) in [4.78, 5) is 26.8. The first-order valence-electron chi connectivity index (χ1n) is 8.72. The Bertz CT molecular complexity index is 1020. The highest BCUT2D eigenvalue weighted by Crippen LogP contribution is 2.47. The summed E-state index contributed by atoms with van der Waals surface area (Å²) in [6.45, 7) is 1.37. The van der Waals surface area contributed by atoms with Gasteiger partial charge >= 0.3 is 0 Å². The number of nitrogens with one attached hydrogen (secondary N) is 1. The zero-order chi connectivity index (χ0) is 17.0. The smallest absolute Gasteiger partial charge is 0.243 e. The first kappa shape index (κ1) is 14.5. The van der Waals surface area contributed by atoms with Gasteiger partial charge < -0.3 is 9.88 Å². The van der Waals surface area contributed by atoms with Crippen molar-refractivity contribution in [3.63, 3.8) is 0 Å². The molecule has 1 amide bonds. The molecule has 4 heterocycles. The molecule has 3 aromatic rings. The number of H-pyrrole nitrogens is 1. The molecule has 2 fully saturated rings. The number of aromatic nitrogens is 4. The van der Waals surface area contributed by atoms with Crippen molar-refractivity contribution in [2.45, 2.75) is 31.6 Å². The van der Waals surface area contributed by atoms with E-state index in [9.17, 15) is 10.1 Å². The summed E-state index contributed by atoms with van der Waals surface area (Å²) >= 11 is 0. The zero-order valence-corrected chi connectivity index (χ0v) is 13.8. The molecule has 1 saturated heterocycles. The van der Waals surface area contributed by atoms with Crippen LogP contribution in [0.25, 0.3) is 16.7 Å². The van der Waals surface area contributed by atoms with Gasteiger partial charge in [0.25, 0.3) is 0 Å². The number of carbonyl (C=O) groups excluding carboxylic acids is 1. The number of piperidine rings is 1. The average Bonchev–Trinajstić information content (AvgIpc) is 3.10. The van der Waals surface area contributed by atoms with Crippen LogP contribution in [0, 0.1) is 16.7 Å². The van der Waals surface area contributed by atoms with Crippen LogP contribution in [-0.4, -0.2) is 43.2 Å². The van der Waals surface area contributed by atoms with E-state index in [0.717, 1.165) is 41.9 Å². The molecule has 126 valence electrons. The van der Waals surface area contributed by atoms with Crippen molar-refractivity contribution in [2.24, 2.45) is 5.41 Å². The number of rotatable bonds is 2. The SMILES string of the molecule is N#CC1(C(=O)N2CCC[C@@H](c3ncc4cnc5[nH]ccc5n34)C2)CC1. The summed E-state index contributed by atoms with van der Waals surface area (Å²) < 4.78 is 2.13. The molecule has 0 aromatic carbocycles. The summed E-state index contributed by atoms with van der Waals surface area (Å²) in [5.74, 6) is 1.16. The molecule has 3 aromatic heterocycles. The van der Waals surface area contributed by atoms with Crippen molar-refractivity contribution in [3.05, 3.63) is 30.5 Å². The fourth-order valence-corrected chi connectivity index (χ4v) is 3.96. The molecule has 7 heteroatoms. The van der Waals surface area contributed by atoms with Crippen LogP contribution in [0.5, 0.6) is 0 Å². The Morgan fingerprint density at radius 3 is 3.00 bits per heavy atom. The molecule has 1 aliphatic carbocycles. The highest BCUT2D eigenvalue weighted by Gasteiger charge is 2.53. The van der Waals surface area contributed by atoms with Gasteiger partial charge in [-0.25, -0.2) is 9.97 Å². The van der Waals surface area contributed by atoms with Crippen molar-refractivity contribution in [2.75, 3.05) is 13.1 Å². The predicted octanol–water partition coefficient (Wildman–Crippen LogP) is 2.22. The van der Waals surface area contributed by atoms with Gasteiger partial charge in [-0.15, -0.1) is 0 Å². The molecule has 1 atom stereocenters. The molecule has 1 aliphatic heterocycles. The lowest BCUT2D eigenvalue weighted by molar-refractivity contribution is -0.136. The van der Waals surface area contributed by atoms with Crippen LogP contribution >= 0.6 is 0 Å². The van der Waals surface area contributed by atoms with E-state index < -0.39 is 5.41 Å². The molecule has 5 rings (SSSR count). The fraction of sp³-hybridized carbons (Fsp3) is 0.444. The lowest BCUT2D eigenvalue weighted by Gasteiger charge is -2.33. The van der Waals surface area contributed by atoms with Gasteiger partial charge in [0, 0.05) is 25.2 Å². The van der Waals surface area contributed by atoms with Crippen LogP contribution in [0.2, 0.25) is 0 Å². The van der Waals surface area contributed by atoms with Crippen LogP contribution in [0.1, 0.15) is 37.4 Å². The maximum absolute atomic E-state index is 12.7. The Balaban J connectivity index is 1.51. The third-order valence-corrected chi connectivity index (χ3v) is 5.53. The lowest BCUT2D eigenvalue weighted by Crippen LogP contribution is -2.43. The maximum Gasteiger partial charge on any atom is 0.243 e. The zero-order valence-electron chi connectivity index (χ0n) is 13.8. The van der Waals surface area contributed by atoms with E-state index in [-0.39, 0.29) is 11.8 Å². The quantitative estimate of drug-likeness (QED) is 0.778. The van der Waals surface area contributed by atoms with Gasteiger partial charge in [0.15, 0.2) is 5.65 Å². The van der Waals surface area contributed by atoms with Crippen LogP contribution in [0.15, 0.2) is 24.7 Å². The fourth-order valence-electron chi connectivity index (χ4n) is 3.96. The number of hydrogen-bond acceptors (Lipinski definition) is 4. The number of hydrogen-bond donors (Lipinski definition) is 1. The minimum Gasteiger partial charge on any atom is -0.345 e. The molecule has 7 nitrogen and oxygen atoms in total. The van der Waals surface area contributed by atoms with Crippen molar-refractivity contribution in [1.29, 1.82) is 5.26 Å². The number of nitrogens with zero attached hydrogens (tertiary/aromatic N) is 5. The number of amides is 1. The summed E-state index contributed by atoms with van der Waals surface area (Å²) in [5, 5.41) is 9.32. The Morgan fingerprint density at radius 2 is 2.20 bits per heavy atom. The second-order valence-corrected chi connectivity index (χ2v) is 7.13. The predicted molar refractivity (Wildman–Crippen MR) is 90.7 cm³/mol. The van der Waals surface area contributed by atoms with Gasteiger partial charge in [-0.3, -0.25) is 9.20 Å². The highest BCUT2D eigenvalue weighted by molar-refractivity contribution is 5.88. The van der Waals surface area contributed by atoms with Crippen LogP contribution in [0.3, 0.4) is 0 Å². The molecule has 2 aliphatic rings. The average molecular weight is 334 g/mol. The first-order valence-corrected chi connectivity index (χ1v) is 8.72. The van der Waals surface area contributed by atoms with Gasteiger partial charge in [-0.2, -0.15) is 5.26 Å². The summed E-state index contributed by atoms with van der Waals surface area (Å²) in [6, 6.07) is 4.23. The van der Waals surface area contributed by atoms with E-state index in [2.05, 4.69) is 25.4 Å². The summed E-state index contributed by atoms with van der Waals surface area (Å²) in [6.07, 6.45) is 8.87. The molecular weight excluding hydrogens is 316 g/mol. The second-order valence-electron chi connectivity index (χ2n) is 7.13. The van der Waals surface area contributed by atoms with Crippen LogP contribution in [0.4, 0.5) is 0 Å². The molecule has 0 unspecified atom stereocenters. The third kappa shape index (κ3) is 2.07. The van der Waals surface area contributed by atoms with E-state index in [4.69, 9.17) is 0 Å². The Morgan fingerprint density at radius 1 is 1.36 bits per heavy atom. The van der Waals surface area contributed by atoms with Gasteiger partial charge in [-0.1, -0.05) is 0 Å². The molecule has 25 heavy (non-hydrogen) atoms. The van der Waals surface area contributed by atoms with E-state index in [0.29, 0.717) is 19.4 Å². The Labute approximate surface area is 144 Å². The van der Waals surface area contributed by atoms with E-state index >= 15 is 0 Å². The van der Waals surface area contributed by atoms with E-state index in [1.165, 1.54) is 0 Å². The number of aromatic amines is 1. The minimum atomic E-state index is -0.742. The number of carbonyl (C=O) groups is 1. The van der Waals surface area contributed by atoms with Crippen molar-refractivity contribution in [3.8, 4) is 6.07 Å². The third-order valence-electron chi connectivity index (χ3n) is 5.53. The second kappa shape index (κ2) is 5.06. The minimum absolute atomic E-state index is 0.00835. The number of likely N-dealkylation sites (tertiary alicyclic amines) is 1. The molecule has 0 bridgehead atoms. The normalized spacial score (nSPS) is 22.2. The number of nitriles is 1. The molecule has 0 radical (unpaired) electrons. The number of imidazole rings is 1. The van der Waals surface area contributed by atoms with Gasteiger partial charge in [0.2, 0.25) is 5.91 Å². The molecular formula is C18H18N6O. The summed E-state index contributed by atoms with van der Waals surface area (Å²) in [5.41, 5.74) is 2.05. The van der Waals surface area contributed by atoms with Crippen molar-refractivity contribution < 1.29 is 4.79 Å².